The summed E-state index contributed by atoms with van der Waals surface area (Å²) in [5.74, 6) is 0.976. The normalized spacial score (nSPS) is 10.0. The zero-order chi connectivity index (χ0) is 12.1. The van der Waals surface area contributed by atoms with Crippen molar-refractivity contribution in [2.45, 2.75) is 6.54 Å². The molecule has 7 nitrogen and oxygen atoms in total. The number of nitrogens with zero attached hydrogens (tertiary/aromatic N) is 4. The zero-order valence-electron chi connectivity index (χ0n) is 9.38. The van der Waals surface area contributed by atoms with Gasteiger partial charge in [0.15, 0.2) is 0 Å². The number of ether oxygens (including phenoxy) is 2. The highest BCUT2D eigenvalue weighted by Crippen LogP contribution is 2.24. The minimum absolute atomic E-state index is 0.483. The van der Waals surface area contributed by atoms with Gasteiger partial charge in [0.05, 0.1) is 32.5 Å². The molecule has 0 aliphatic heterocycles. The van der Waals surface area contributed by atoms with Gasteiger partial charge >= 0.3 is 0 Å². The van der Waals surface area contributed by atoms with Crippen molar-refractivity contribution in [2.24, 2.45) is 0 Å². The maximum Gasteiger partial charge on any atom is 0.225 e. The summed E-state index contributed by atoms with van der Waals surface area (Å²) in [4.78, 5) is 8.05. The van der Waals surface area contributed by atoms with Crippen LogP contribution >= 0.6 is 11.5 Å². The fourth-order valence-electron chi connectivity index (χ4n) is 1.30. The topological polar surface area (TPSA) is 82.1 Å². The maximum atomic E-state index is 5.16. The molecule has 8 heteroatoms. The molecular weight excluding hydrogens is 242 g/mol. The van der Waals surface area contributed by atoms with E-state index >= 15 is 0 Å². The van der Waals surface area contributed by atoms with Crippen LogP contribution in [0.5, 0.6) is 11.8 Å². The van der Waals surface area contributed by atoms with E-state index in [-0.39, 0.29) is 0 Å². The molecule has 2 aromatic heterocycles. The Bertz CT molecular complexity index is 454. The Labute approximate surface area is 102 Å². The molecule has 90 valence electrons. The number of rotatable bonds is 5. The third-order valence-electron chi connectivity index (χ3n) is 2.05. The third-order valence-corrected chi connectivity index (χ3v) is 2.68. The van der Waals surface area contributed by atoms with Gasteiger partial charge in [0.1, 0.15) is 11.3 Å². The predicted molar refractivity (Wildman–Crippen MR) is 62.4 cm³/mol. The summed E-state index contributed by atoms with van der Waals surface area (Å²) in [7, 11) is 3.11. The molecule has 0 saturated carbocycles. The number of aromatic nitrogens is 4. The van der Waals surface area contributed by atoms with E-state index in [2.05, 4.69) is 24.9 Å². The van der Waals surface area contributed by atoms with Crippen molar-refractivity contribution in [1.82, 2.24) is 19.6 Å². The van der Waals surface area contributed by atoms with Crippen LogP contribution in [0.15, 0.2) is 12.5 Å². The average Bonchev–Trinajstić information content (AvgIpc) is 2.88. The highest BCUT2D eigenvalue weighted by Gasteiger charge is 2.12. The molecule has 0 radical (unpaired) electrons. The second-order valence-electron chi connectivity index (χ2n) is 3.01. The van der Waals surface area contributed by atoms with Gasteiger partial charge in [0.2, 0.25) is 11.8 Å². The van der Waals surface area contributed by atoms with Gasteiger partial charge in [-0.2, -0.15) is 0 Å². The van der Waals surface area contributed by atoms with Crippen molar-refractivity contribution < 1.29 is 9.47 Å². The summed E-state index contributed by atoms with van der Waals surface area (Å²) in [5, 5.41) is 7.74. The van der Waals surface area contributed by atoms with E-state index in [9.17, 15) is 0 Å². The zero-order valence-corrected chi connectivity index (χ0v) is 10.2. The van der Waals surface area contributed by atoms with Crippen molar-refractivity contribution in [3.63, 3.8) is 0 Å². The van der Waals surface area contributed by atoms with Gasteiger partial charge < -0.3 is 14.8 Å². The Kier molecular flexibility index (Phi) is 3.66. The molecule has 2 rings (SSSR count). The lowest BCUT2D eigenvalue weighted by Gasteiger charge is -2.10. The van der Waals surface area contributed by atoms with Gasteiger partial charge in [-0.15, -0.1) is 5.10 Å². The maximum absolute atomic E-state index is 5.16. The SMILES string of the molecule is COc1ncnc(OC)c1CNc1cnns1. The van der Waals surface area contributed by atoms with E-state index in [1.165, 1.54) is 17.9 Å². The molecule has 17 heavy (non-hydrogen) atoms. The standard InChI is InChI=1S/C9H11N5O2S/c1-15-8-6(9(16-2)12-5-11-8)3-10-7-4-13-14-17-7/h4-5,10H,3H2,1-2H3. The largest absolute Gasteiger partial charge is 0.481 e. The fraction of sp³-hybridized carbons (Fsp3) is 0.333. The van der Waals surface area contributed by atoms with Crippen molar-refractivity contribution in [1.29, 1.82) is 0 Å². The molecule has 0 fully saturated rings. The average molecular weight is 253 g/mol. The first-order valence-electron chi connectivity index (χ1n) is 4.78. The number of nitrogens with one attached hydrogen (secondary N) is 1. The van der Waals surface area contributed by atoms with Crippen LogP contribution in [0.2, 0.25) is 0 Å². The summed E-state index contributed by atoms with van der Waals surface area (Å²) < 4.78 is 14.1. The highest BCUT2D eigenvalue weighted by atomic mass is 32.1. The van der Waals surface area contributed by atoms with Gasteiger partial charge in [-0.3, -0.25) is 0 Å². The summed E-state index contributed by atoms with van der Waals surface area (Å²) in [5.41, 5.74) is 0.755. The van der Waals surface area contributed by atoms with E-state index in [0.717, 1.165) is 10.6 Å². The van der Waals surface area contributed by atoms with Gasteiger partial charge in [-0.05, 0) is 0 Å². The molecule has 0 spiro atoms. The lowest BCUT2D eigenvalue weighted by atomic mass is 10.3. The number of hydrogen-bond acceptors (Lipinski definition) is 8. The number of methoxy groups -OCH3 is 2. The summed E-state index contributed by atoms with van der Waals surface area (Å²) >= 11 is 1.27. The Morgan fingerprint density at radius 1 is 1.24 bits per heavy atom. The van der Waals surface area contributed by atoms with Gasteiger partial charge in [0, 0.05) is 11.5 Å². The Hall–Kier alpha value is -1.96. The second kappa shape index (κ2) is 5.39. The smallest absolute Gasteiger partial charge is 0.225 e. The molecule has 0 aromatic carbocycles. The van der Waals surface area contributed by atoms with Crippen LogP contribution in [-0.4, -0.2) is 33.8 Å². The van der Waals surface area contributed by atoms with Crippen LogP contribution in [0.1, 0.15) is 5.56 Å². The summed E-state index contributed by atoms with van der Waals surface area (Å²) in [6.07, 6.45) is 3.04. The number of hydrogen-bond donors (Lipinski definition) is 1. The van der Waals surface area contributed by atoms with Crippen molar-refractivity contribution in [3.8, 4) is 11.8 Å². The minimum atomic E-state index is 0.483. The predicted octanol–water partition coefficient (Wildman–Crippen LogP) is 0.957. The third kappa shape index (κ3) is 2.59. The lowest BCUT2D eigenvalue weighted by molar-refractivity contribution is 0.363. The Morgan fingerprint density at radius 3 is 2.47 bits per heavy atom. The van der Waals surface area contributed by atoms with Crippen LogP contribution in [0, 0.1) is 0 Å². The van der Waals surface area contributed by atoms with Crippen molar-refractivity contribution in [2.75, 3.05) is 19.5 Å². The molecular formula is C9H11N5O2S. The monoisotopic (exact) mass is 253 g/mol. The fourth-order valence-corrected chi connectivity index (χ4v) is 1.72. The molecule has 1 N–H and O–H groups in total. The molecule has 2 aromatic rings. The van der Waals surface area contributed by atoms with Crippen LogP contribution in [0.4, 0.5) is 5.00 Å². The summed E-state index contributed by atoms with van der Waals surface area (Å²) in [6.45, 7) is 0.483. The lowest BCUT2D eigenvalue weighted by Crippen LogP contribution is -2.06. The first-order chi connectivity index (χ1) is 8.35. The first-order valence-corrected chi connectivity index (χ1v) is 5.55. The second-order valence-corrected chi connectivity index (χ2v) is 3.79. The molecule has 0 saturated heterocycles. The van der Waals surface area contributed by atoms with Gasteiger partial charge in [-0.25, -0.2) is 9.97 Å². The van der Waals surface area contributed by atoms with E-state index in [4.69, 9.17) is 9.47 Å². The Balaban J connectivity index is 2.18. The molecule has 0 bridgehead atoms. The number of anilines is 1. The molecule has 0 aliphatic carbocycles. The molecule has 0 amide bonds. The van der Waals surface area contributed by atoms with Crippen molar-refractivity contribution >= 4 is 16.5 Å². The molecule has 0 aliphatic rings. The van der Waals surface area contributed by atoms with Crippen LogP contribution in [0.25, 0.3) is 0 Å². The van der Waals surface area contributed by atoms with Crippen molar-refractivity contribution in [3.05, 3.63) is 18.1 Å². The Morgan fingerprint density at radius 2 is 1.94 bits per heavy atom. The van der Waals surface area contributed by atoms with E-state index in [0.29, 0.717) is 18.3 Å². The van der Waals surface area contributed by atoms with Crippen LogP contribution < -0.4 is 14.8 Å². The molecule has 0 unspecified atom stereocenters. The van der Waals surface area contributed by atoms with E-state index in [1.807, 2.05) is 0 Å². The molecule has 2 heterocycles. The summed E-state index contributed by atoms with van der Waals surface area (Å²) in [6, 6.07) is 0. The van der Waals surface area contributed by atoms with Crippen LogP contribution in [0.3, 0.4) is 0 Å². The van der Waals surface area contributed by atoms with Gasteiger partial charge in [-0.1, -0.05) is 4.49 Å². The highest BCUT2D eigenvalue weighted by molar-refractivity contribution is 7.09. The first kappa shape index (κ1) is 11.5. The van der Waals surface area contributed by atoms with Crippen LogP contribution in [-0.2, 0) is 6.54 Å². The molecule has 0 atom stereocenters. The van der Waals surface area contributed by atoms with E-state index in [1.54, 1.807) is 20.4 Å². The minimum Gasteiger partial charge on any atom is -0.481 e. The van der Waals surface area contributed by atoms with Gasteiger partial charge in [0.25, 0.3) is 0 Å². The quantitative estimate of drug-likeness (QED) is 0.849. The van der Waals surface area contributed by atoms with E-state index < -0.39 is 0 Å².